The summed E-state index contributed by atoms with van der Waals surface area (Å²) in [6, 6.07) is 0. The quantitative estimate of drug-likeness (QED) is 0.572. The minimum Gasteiger partial charge on any atom is -0.383 e. The number of hydrogen-bond donors (Lipinski definition) is 1. The Morgan fingerprint density at radius 3 is 2.82 bits per heavy atom. The van der Waals surface area contributed by atoms with E-state index in [-0.39, 0.29) is 17.3 Å². The first-order chi connectivity index (χ1) is 8.11. The molecule has 1 N–H and O–H groups in total. The largest absolute Gasteiger partial charge is 0.383 e. The van der Waals surface area contributed by atoms with Gasteiger partial charge in [-0.25, -0.2) is 9.97 Å². The predicted octanol–water partition coefficient (Wildman–Crippen LogP) is 0.509. The van der Waals surface area contributed by atoms with Gasteiger partial charge in [0.1, 0.15) is 6.33 Å². The third-order valence-electron chi connectivity index (χ3n) is 2.21. The number of ether oxygens (including phenoxy) is 1. The van der Waals surface area contributed by atoms with Crippen LogP contribution in [-0.4, -0.2) is 49.2 Å². The van der Waals surface area contributed by atoms with Crippen LogP contribution in [0.4, 0.5) is 17.3 Å². The molecule has 0 aliphatic rings. The van der Waals surface area contributed by atoms with Gasteiger partial charge < -0.3 is 15.0 Å². The molecule has 0 atom stereocenters. The van der Waals surface area contributed by atoms with Crippen LogP contribution >= 0.6 is 0 Å². The van der Waals surface area contributed by atoms with Gasteiger partial charge in [0.15, 0.2) is 0 Å². The van der Waals surface area contributed by atoms with Crippen LogP contribution < -0.4 is 10.2 Å². The SMILES string of the molecule is CNc1ncnc(N(C)CCOC)c1[N+](=O)[O-]. The molecule has 0 aromatic carbocycles. The minimum atomic E-state index is -0.496. The van der Waals surface area contributed by atoms with Crippen LogP contribution in [0.15, 0.2) is 6.33 Å². The second-order valence-corrected chi connectivity index (χ2v) is 3.32. The molecule has 0 bridgehead atoms. The maximum absolute atomic E-state index is 11.0. The summed E-state index contributed by atoms with van der Waals surface area (Å²) in [6.07, 6.45) is 1.29. The summed E-state index contributed by atoms with van der Waals surface area (Å²) in [7, 11) is 4.86. The van der Waals surface area contributed by atoms with Crippen LogP contribution in [-0.2, 0) is 4.74 Å². The highest BCUT2D eigenvalue weighted by atomic mass is 16.6. The van der Waals surface area contributed by atoms with Crippen LogP contribution in [0.1, 0.15) is 0 Å². The molecule has 8 heteroatoms. The average Bonchev–Trinajstić information content (AvgIpc) is 2.34. The van der Waals surface area contributed by atoms with Gasteiger partial charge in [0, 0.05) is 27.7 Å². The Morgan fingerprint density at radius 1 is 1.59 bits per heavy atom. The maximum Gasteiger partial charge on any atom is 0.353 e. The van der Waals surface area contributed by atoms with E-state index in [2.05, 4.69) is 15.3 Å². The number of likely N-dealkylation sites (N-methyl/N-ethyl adjacent to an activating group) is 1. The molecule has 0 saturated heterocycles. The molecule has 0 aliphatic carbocycles. The molecular weight excluding hydrogens is 226 g/mol. The van der Waals surface area contributed by atoms with Crippen molar-refractivity contribution in [3.8, 4) is 0 Å². The second-order valence-electron chi connectivity index (χ2n) is 3.32. The summed E-state index contributed by atoms with van der Waals surface area (Å²) in [5.74, 6) is 0.468. The van der Waals surface area contributed by atoms with Crippen LogP contribution in [0, 0.1) is 10.1 Å². The normalized spacial score (nSPS) is 10.1. The zero-order chi connectivity index (χ0) is 12.8. The average molecular weight is 241 g/mol. The summed E-state index contributed by atoms with van der Waals surface area (Å²) >= 11 is 0. The molecule has 0 aliphatic heterocycles. The van der Waals surface area contributed by atoms with E-state index in [1.165, 1.54) is 6.33 Å². The topological polar surface area (TPSA) is 93.4 Å². The molecule has 17 heavy (non-hydrogen) atoms. The number of nitrogens with one attached hydrogen (secondary N) is 1. The Hall–Kier alpha value is -1.96. The summed E-state index contributed by atoms with van der Waals surface area (Å²) in [5, 5.41) is 13.7. The monoisotopic (exact) mass is 241 g/mol. The summed E-state index contributed by atoms with van der Waals surface area (Å²) in [4.78, 5) is 19.9. The number of hydrogen-bond acceptors (Lipinski definition) is 7. The number of rotatable bonds is 6. The zero-order valence-electron chi connectivity index (χ0n) is 10.0. The standard InChI is InChI=1S/C9H15N5O3/c1-10-8-7(14(15)16)9(12-6-11-8)13(2)4-5-17-3/h6H,4-5H2,1-3H3,(H,10,11,12). The fraction of sp³-hybridized carbons (Fsp3) is 0.556. The molecule has 1 aromatic rings. The lowest BCUT2D eigenvalue weighted by Crippen LogP contribution is -2.24. The molecule has 94 valence electrons. The first-order valence-electron chi connectivity index (χ1n) is 4.99. The highest BCUT2D eigenvalue weighted by molar-refractivity contribution is 5.69. The maximum atomic E-state index is 11.0. The van der Waals surface area contributed by atoms with E-state index in [9.17, 15) is 10.1 Å². The van der Waals surface area contributed by atoms with Crippen molar-refractivity contribution in [1.82, 2.24) is 9.97 Å². The van der Waals surface area contributed by atoms with Crippen molar-refractivity contribution in [2.45, 2.75) is 0 Å². The van der Waals surface area contributed by atoms with Crippen molar-refractivity contribution in [3.63, 3.8) is 0 Å². The molecule has 0 amide bonds. The van der Waals surface area contributed by atoms with Gasteiger partial charge in [0.05, 0.1) is 11.5 Å². The summed E-state index contributed by atoms with van der Waals surface area (Å²) in [6.45, 7) is 0.976. The van der Waals surface area contributed by atoms with Gasteiger partial charge in [-0.1, -0.05) is 0 Å². The molecule has 1 rings (SSSR count). The van der Waals surface area contributed by atoms with Gasteiger partial charge in [-0.15, -0.1) is 0 Å². The number of nitrogens with zero attached hydrogens (tertiary/aromatic N) is 4. The van der Waals surface area contributed by atoms with Gasteiger partial charge in [0.2, 0.25) is 11.6 Å². The lowest BCUT2D eigenvalue weighted by molar-refractivity contribution is -0.383. The van der Waals surface area contributed by atoms with Crippen LogP contribution in [0.5, 0.6) is 0 Å². The Bertz CT molecular complexity index is 398. The number of anilines is 2. The fourth-order valence-electron chi connectivity index (χ4n) is 1.33. The van der Waals surface area contributed by atoms with Gasteiger partial charge in [0.25, 0.3) is 0 Å². The number of nitro groups is 1. The Labute approximate surface area is 98.8 Å². The van der Waals surface area contributed by atoms with E-state index in [1.807, 2.05) is 0 Å². The highest BCUT2D eigenvalue weighted by Crippen LogP contribution is 2.30. The lowest BCUT2D eigenvalue weighted by atomic mass is 10.4. The van der Waals surface area contributed by atoms with Crippen LogP contribution in [0.2, 0.25) is 0 Å². The fourth-order valence-corrected chi connectivity index (χ4v) is 1.33. The molecular formula is C9H15N5O3. The van der Waals surface area contributed by atoms with Crippen molar-refractivity contribution in [3.05, 3.63) is 16.4 Å². The number of aromatic nitrogens is 2. The molecule has 1 aromatic heterocycles. The molecule has 8 nitrogen and oxygen atoms in total. The van der Waals surface area contributed by atoms with Crippen molar-refractivity contribution in [2.75, 3.05) is 44.6 Å². The van der Waals surface area contributed by atoms with Crippen molar-refractivity contribution >= 4 is 17.3 Å². The molecule has 1 heterocycles. The molecule has 0 unspecified atom stereocenters. The van der Waals surface area contributed by atoms with Gasteiger partial charge in [-0.05, 0) is 0 Å². The molecule has 0 spiro atoms. The minimum absolute atomic E-state index is 0.131. The van der Waals surface area contributed by atoms with E-state index in [1.54, 1.807) is 26.1 Å². The van der Waals surface area contributed by atoms with E-state index in [0.717, 1.165) is 0 Å². The first-order valence-corrected chi connectivity index (χ1v) is 4.99. The van der Waals surface area contributed by atoms with Crippen molar-refractivity contribution < 1.29 is 9.66 Å². The van der Waals surface area contributed by atoms with Crippen molar-refractivity contribution in [1.29, 1.82) is 0 Å². The van der Waals surface area contributed by atoms with Gasteiger partial charge >= 0.3 is 5.69 Å². The molecule has 0 saturated carbocycles. The van der Waals surface area contributed by atoms with E-state index >= 15 is 0 Å². The van der Waals surface area contributed by atoms with E-state index in [0.29, 0.717) is 13.2 Å². The predicted molar refractivity (Wildman–Crippen MR) is 63.4 cm³/mol. The van der Waals surface area contributed by atoms with Crippen molar-refractivity contribution in [2.24, 2.45) is 0 Å². The van der Waals surface area contributed by atoms with Crippen LogP contribution in [0.3, 0.4) is 0 Å². The zero-order valence-corrected chi connectivity index (χ0v) is 10.0. The third kappa shape index (κ3) is 3.00. The Morgan fingerprint density at radius 2 is 2.29 bits per heavy atom. The third-order valence-corrected chi connectivity index (χ3v) is 2.21. The smallest absolute Gasteiger partial charge is 0.353 e. The number of methoxy groups -OCH3 is 1. The lowest BCUT2D eigenvalue weighted by Gasteiger charge is -2.17. The van der Waals surface area contributed by atoms with Gasteiger partial charge in [-0.2, -0.15) is 0 Å². The Kier molecular flexibility index (Phi) is 4.58. The summed E-state index contributed by atoms with van der Waals surface area (Å²) in [5.41, 5.74) is -0.131. The van der Waals surface area contributed by atoms with Gasteiger partial charge in [-0.3, -0.25) is 10.1 Å². The summed E-state index contributed by atoms with van der Waals surface area (Å²) < 4.78 is 4.92. The van der Waals surface area contributed by atoms with E-state index in [4.69, 9.17) is 4.74 Å². The second kappa shape index (κ2) is 5.94. The Balaban J connectivity index is 3.09. The molecule has 0 fully saturated rings. The van der Waals surface area contributed by atoms with E-state index < -0.39 is 4.92 Å². The first kappa shape index (κ1) is 13.1. The van der Waals surface area contributed by atoms with Crippen LogP contribution in [0.25, 0.3) is 0 Å². The molecule has 0 radical (unpaired) electrons. The highest BCUT2D eigenvalue weighted by Gasteiger charge is 2.24.